The van der Waals surface area contributed by atoms with Gasteiger partial charge in [-0.25, -0.2) is 0 Å². The van der Waals surface area contributed by atoms with Gasteiger partial charge in [-0.2, -0.15) is 10.2 Å². The van der Waals surface area contributed by atoms with E-state index in [1.165, 1.54) is 11.1 Å². The third-order valence-electron chi connectivity index (χ3n) is 5.80. The van der Waals surface area contributed by atoms with Crippen molar-refractivity contribution in [1.82, 2.24) is 25.0 Å². The maximum absolute atomic E-state index is 12.9. The number of aromatic amines is 2. The fourth-order valence-electron chi connectivity index (χ4n) is 3.88. The lowest BCUT2D eigenvalue weighted by Crippen LogP contribution is -2.32. The zero-order chi connectivity index (χ0) is 23.8. The second-order valence-corrected chi connectivity index (χ2v) is 7.99. The molecular weight excluding hydrogens is 432 g/mol. The maximum Gasteiger partial charge on any atom is 0.263 e. The molecule has 0 atom stereocenters. The lowest BCUT2D eigenvalue weighted by molar-refractivity contribution is 0.0991. The van der Waals surface area contributed by atoms with Gasteiger partial charge in [0.15, 0.2) is 0 Å². The molecule has 9 heteroatoms. The number of aromatic nitrogens is 5. The topological polar surface area (TPSA) is 109 Å². The largest absolute Gasteiger partial charge is 0.457 e. The Kier molecular flexibility index (Phi) is 5.21. The highest BCUT2D eigenvalue weighted by Crippen LogP contribution is 2.37. The van der Waals surface area contributed by atoms with E-state index >= 15 is 0 Å². The summed E-state index contributed by atoms with van der Waals surface area (Å²) in [5.74, 6) is 0.883. The van der Waals surface area contributed by atoms with E-state index in [1.807, 2.05) is 23.9 Å². The molecule has 5 rings (SSSR count). The lowest BCUT2D eigenvalue weighted by Gasteiger charge is -2.18. The third-order valence-corrected chi connectivity index (χ3v) is 5.80. The van der Waals surface area contributed by atoms with Crippen LogP contribution in [-0.2, 0) is 7.05 Å². The Hall–Kier alpha value is -4.66. The molecule has 2 aromatic carbocycles. The average molecular weight is 454 g/mol. The Morgan fingerprint density at radius 3 is 2.62 bits per heavy atom. The number of anilines is 1. The summed E-state index contributed by atoms with van der Waals surface area (Å²) >= 11 is 0. The van der Waals surface area contributed by atoms with Gasteiger partial charge in [0.2, 0.25) is 0 Å². The fraction of sp³-hybridized carbons (Fsp3) is 0.120. The van der Waals surface area contributed by atoms with Gasteiger partial charge < -0.3 is 14.6 Å². The molecular formula is C25H22N6O3. The van der Waals surface area contributed by atoms with Crippen LogP contribution in [0.5, 0.6) is 11.5 Å². The van der Waals surface area contributed by atoms with Gasteiger partial charge in [-0.05, 0) is 55.0 Å². The van der Waals surface area contributed by atoms with Crippen molar-refractivity contribution in [2.45, 2.75) is 6.92 Å². The summed E-state index contributed by atoms with van der Waals surface area (Å²) in [4.78, 5) is 29.1. The predicted octanol–water partition coefficient (Wildman–Crippen LogP) is 4.03. The van der Waals surface area contributed by atoms with E-state index in [2.05, 4.69) is 20.3 Å². The number of hydrogen-bond donors (Lipinski definition) is 2. The Morgan fingerprint density at radius 1 is 1.12 bits per heavy atom. The van der Waals surface area contributed by atoms with Gasteiger partial charge >= 0.3 is 0 Å². The van der Waals surface area contributed by atoms with E-state index in [0.29, 0.717) is 22.7 Å². The molecule has 5 aromatic rings. The van der Waals surface area contributed by atoms with Crippen LogP contribution < -0.4 is 15.2 Å². The van der Waals surface area contributed by atoms with Crippen molar-refractivity contribution < 1.29 is 9.53 Å². The van der Waals surface area contributed by atoms with Crippen molar-refractivity contribution in [2.24, 2.45) is 7.05 Å². The molecule has 1 amide bonds. The summed E-state index contributed by atoms with van der Waals surface area (Å²) in [7, 11) is 3.53. The highest BCUT2D eigenvalue weighted by atomic mass is 16.5. The molecule has 0 fully saturated rings. The van der Waals surface area contributed by atoms with Crippen molar-refractivity contribution in [2.75, 3.05) is 11.9 Å². The van der Waals surface area contributed by atoms with Gasteiger partial charge in [0, 0.05) is 48.7 Å². The molecule has 0 aliphatic carbocycles. The molecule has 3 heterocycles. The molecule has 0 spiro atoms. The molecule has 0 unspecified atom stereocenters. The van der Waals surface area contributed by atoms with Crippen molar-refractivity contribution in [3.05, 3.63) is 88.7 Å². The van der Waals surface area contributed by atoms with E-state index in [4.69, 9.17) is 4.74 Å². The molecule has 9 nitrogen and oxygen atoms in total. The number of carbonyl (C=O) groups excluding carboxylic acids is 1. The normalized spacial score (nSPS) is 11.0. The first kappa shape index (κ1) is 21.2. The number of pyridine rings is 1. The number of nitrogens with one attached hydrogen (secondary N) is 2. The third kappa shape index (κ3) is 3.73. The Balaban J connectivity index is 1.44. The molecule has 0 aliphatic heterocycles. The Morgan fingerprint density at radius 2 is 1.91 bits per heavy atom. The van der Waals surface area contributed by atoms with Crippen LogP contribution in [0.3, 0.4) is 0 Å². The standard InChI is InChI=1S/C25H22N6O3/c1-15-8-9-26-24(32)23(15)25(33)30(2)18-4-6-19(7-5-18)34-22-10-16-14-29-31(3)21(16)11-20(22)17-12-27-28-13-17/h4-14H,1-3H3,(H,26,32)(H,27,28). The molecule has 34 heavy (non-hydrogen) atoms. The number of carbonyl (C=O) groups is 1. The van der Waals surface area contributed by atoms with E-state index in [9.17, 15) is 9.59 Å². The lowest BCUT2D eigenvalue weighted by atomic mass is 10.1. The summed E-state index contributed by atoms with van der Waals surface area (Å²) in [5, 5.41) is 12.2. The second kappa shape index (κ2) is 8.36. The summed E-state index contributed by atoms with van der Waals surface area (Å²) in [6.45, 7) is 1.74. The first-order valence-corrected chi connectivity index (χ1v) is 10.6. The maximum atomic E-state index is 12.9. The number of aryl methyl sites for hydroxylation is 2. The van der Waals surface area contributed by atoms with Gasteiger partial charge in [-0.3, -0.25) is 19.4 Å². The summed E-state index contributed by atoms with van der Waals surface area (Å²) < 4.78 is 8.04. The van der Waals surface area contributed by atoms with E-state index < -0.39 is 5.56 Å². The van der Waals surface area contributed by atoms with Gasteiger partial charge in [0.05, 0.1) is 17.9 Å². The number of ether oxygens (including phenoxy) is 1. The van der Waals surface area contributed by atoms with E-state index in [1.54, 1.807) is 62.9 Å². The van der Waals surface area contributed by atoms with Crippen molar-refractivity contribution in [3.8, 4) is 22.6 Å². The molecule has 0 saturated carbocycles. The quantitative estimate of drug-likeness (QED) is 0.417. The number of H-pyrrole nitrogens is 2. The van der Waals surface area contributed by atoms with Crippen LogP contribution in [0.1, 0.15) is 15.9 Å². The zero-order valence-corrected chi connectivity index (χ0v) is 18.9. The number of hydrogen-bond acceptors (Lipinski definition) is 5. The van der Waals surface area contributed by atoms with Crippen LogP contribution in [0, 0.1) is 6.92 Å². The van der Waals surface area contributed by atoms with Crippen LogP contribution in [0.15, 0.2) is 72.0 Å². The number of rotatable bonds is 5. The van der Waals surface area contributed by atoms with E-state index in [0.717, 1.165) is 22.0 Å². The fourth-order valence-corrected chi connectivity index (χ4v) is 3.88. The first-order chi connectivity index (χ1) is 16.4. The molecule has 0 radical (unpaired) electrons. The summed E-state index contributed by atoms with van der Waals surface area (Å²) in [5.41, 5.74) is 3.72. The zero-order valence-electron chi connectivity index (χ0n) is 18.9. The Bertz CT molecular complexity index is 1550. The summed E-state index contributed by atoms with van der Waals surface area (Å²) in [6.07, 6.45) is 6.86. The van der Waals surface area contributed by atoms with Gasteiger partial charge in [-0.15, -0.1) is 0 Å². The van der Waals surface area contributed by atoms with Crippen molar-refractivity contribution in [3.63, 3.8) is 0 Å². The monoisotopic (exact) mass is 454 g/mol. The highest BCUT2D eigenvalue weighted by Gasteiger charge is 2.19. The molecule has 3 aromatic heterocycles. The summed E-state index contributed by atoms with van der Waals surface area (Å²) in [6, 6.07) is 12.8. The number of nitrogens with zero attached hydrogens (tertiary/aromatic N) is 4. The molecule has 0 aliphatic rings. The van der Waals surface area contributed by atoms with Gasteiger partial charge in [0.1, 0.15) is 17.1 Å². The predicted molar refractivity (Wildman–Crippen MR) is 129 cm³/mol. The highest BCUT2D eigenvalue weighted by molar-refractivity contribution is 6.06. The van der Waals surface area contributed by atoms with Crippen LogP contribution in [0.2, 0.25) is 0 Å². The minimum atomic E-state index is -0.408. The minimum absolute atomic E-state index is 0.125. The van der Waals surface area contributed by atoms with E-state index in [-0.39, 0.29) is 11.5 Å². The second-order valence-electron chi connectivity index (χ2n) is 7.99. The average Bonchev–Trinajstić information content (AvgIpc) is 3.49. The van der Waals surface area contributed by atoms with Crippen LogP contribution >= 0.6 is 0 Å². The molecule has 0 saturated heterocycles. The van der Waals surface area contributed by atoms with Crippen molar-refractivity contribution >= 4 is 22.5 Å². The van der Waals surface area contributed by atoms with Crippen molar-refractivity contribution in [1.29, 1.82) is 0 Å². The number of fused-ring (bicyclic) bond motifs is 1. The minimum Gasteiger partial charge on any atom is -0.457 e. The van der Waals surface area contributed by atoms with Gasteiger partial charge in [0.25, 0.3) is 11.5 Å². The van der Waals surface area contributed by atoms with Crippen LogP contribution in [0.4, 0.5) is 5.69 Å². The van der Waals surface area contributed by atoms with Crippen LogP contribution in [0.25, 0.3) is 22.0 Å². The number of benzene rings is 2. The molecule has 2 N–H and O–H groups in total. The molecule has 170 valence electrons. The van der Waals surface area contributed by atoms with Crippen LogP contribution in [-0.4, -0.2) is 37.9 Å². The smallest absolute Gasteiger partial charge is 0.263 e. The number of amides is 1. The Labute approximate surface area is 194 Å². The molecule has 0 bridgehead atoms. The SMILES string of the molecule is Cc1cc[nH]c(=O)c1C(=O)N(C)c1ccc(Oc2cc3cnn(C)c3cc2-c2cn[nH]c2)cc1. The first-order valence-electron chi connectivity index (χ1n) is 10.6. The van der Waals surface area contributed by atoms with Gasteiger partial charge in [-0.1, -0.05) is 0 Å².